The van der Waals surface area contributed by atoms with Crippen molar-refractivity contribution in [2.45, 2.75) is 38.8 Å². The van der Waals surface area contributed by atoms with Crippen molar-refractivity contribution in [2.24, 2.45) is 5.92 Å². The third-order valence-electron chi connectivity index (χ3n) is 7.38. The van der Waals surface area contributed by atoms with Gasteiger partial charge in [-0.15, -0.1) is 0 Å². The minimum absolute atomic E-state index is 0.0784. The third kappa shape index (κ3) is 6.50. The molecule has 208 valence electrons. The van der Waals surface area contributed by atoms with Crippen LogP contribution in [-0.4, -0.2) is 46.6 Å². The van der Waals surface area contributed by atoms with E-state index in [-0.39, 0.29) is 17.9 Å². The van der Waals surface area contributed by atoms with Crippen LogP contribution in [0, 0.1) is 17.8 Å². The fourth-order valence-electron chi connectivity index (χ4n) is 5.10. The van der Waals surface area contributed by atoms with Gasteiger partial charge < -0.3 is 19.9 Å². The highest BCUT2D eigenvalue weighted by Crippen LogP contribution is 2.32. The summed E-state index contributed by atoms with van der Waals surface area (Å²) >= 11 is 0. The van der Waals surface area contributed by atoms with Crippen molar-refractivity contribution in [3.8, 4) is 34.2 Å². The van der Waals surface area contributed by atoms with Gasteiger partial charge in [-0.2, -0.15) is 0 Å². The SMILES string of the molecule is COC(=O)N[C@H](C(=O)N1CCC[C@H]1c1ncc(-c2ccc(C#Cc3ccc(-c4ccccc4)cc3)cc2)[nH]1)C(C)C. The molecule has 0 unspecified atom stereocenters. The second kappa shape index (κ2) is 12.6. The van der Waals surface area contributed by atoms with Crippen LogP contribution in [0.25, 0.3) is 22.4 Å². The summed E-state index contributed by atoms with van der Waals surface area (Å²) in [5.41, 5.74) is 6.11. The number of aromatic nitrogens is 2. The number of carbonyl (C=O) groups is 2. The number of methoxy groups -OCH3 is 1. The average molecular weight is 547 g/mol. The topological polar surface area (TPSA) is 87.3 Å². The first kappa shape index (κ1) is 27.7. The van der Waals surface area contributed by atoms with E-state index in [1.54, 1.807) is 6.20 Å². The molecule has 1 fully saturated rings. The molecule has 2 atom stereocenters. The molecule has 0 bridgehead atoms. The Labute approximate surface area is 241 Å². The van der Waals surface area contributed by atoms with Gasteiger partial charge in [0.05, 0.1) is 25.0 Å². The van der Waals surface area contributed by atoms with Crippen LogP contribution in [0.1, 0.15) is 49.7 Å². The van der Waals surface area contributed by atoms with Crippen molar-refractivity contribution < 1.29 is 14.3 Å². The monoisotopic (exact) mass is 546 g/mol. The van der Waals surface area contributed by atoms with E-state index < -0.39 is 12.1 Å². The van der Waals surface area contributed by atoms with Crippen LogP contribution < -0.4 is 5.32 Å². The van der Waals surface area contributed by atoms with E-state index in [2.05, 4.69) is 51.4 Å². The summed E-state index contributed by atoms with van der Waals surface area (Å²) in [7, 11) is 1.30. The molecule has 1 aliphatic rings. The summed E-state index contributed by atoms with van der Waals surface area (Å²) in [5.74, 6) is 7.04. The molecule has 1 aliphatic heterocycles. The lowest BCUT2D eigenvalue weighted by Gasteiger charge is -2.30. The number of aromatic amines is 1. The van der Waals surface area contributed by atoms with Crippen molar-refractivity contribution >= 4 is 12.0 Å². The van der Waals surface area contributed by atoms with Gasteiger partial charge in [0.25, 0.3) is 0 Å². The highest BCUT2D eigenvalue weighted by atomic mass is 16.5. The molecule has 41 heavy (non-hydrogen) atoms. The first-order valence-corrected chi connectivity index (χ1v) is 13.9. The molecule has 1 saturated heterocycles. The Balaban J connectivity index is 1.26. The first-order chi connectivity index (χ1) is 19.9. The largest absolute Gasteiger partial charge is 0.453 e. The summed E-state index contributed by atoms with van der Waals surface area (Å²) in [4.78, 5) is 35.1. The average Bonchev–Trinajstić information content (AvgIpc) is 3.70. The van der Waals surface area contributed by atoms with Crippen molar-refractivity contribution in [3.63, 3.8) is 0 Å². The lowest BCUT2D eigenvalue weighted by atomic mass is 10.0. The number of nitrogens with one attached hydrogen (secondary N) is 2. The number of amides is 2. The minimum Gasteiger partial charge on any atom is -0.453 e. The number of imidazole rings is 1. The first-order valence-electron chi connectivity index (χ1n) is 13.9. The Morgan fingerprint density at radius 2 is 1.54 bits per heavy atom. The van der Waals surface area contributed by atoms with Gasteiger partial charge in [0, 0.05) is 17.7 Å². The van der Waals surface area contributed by atoms with Crippen molar-refractivity contribution in [3.05, 3.63) is 102 Å². The van der Waals surface area contributed by atoms with Crippen LogP contribution in [0.4, 0.5) is 4.79 Å². The Bertz CT molecular complexity index is 1550. The fourth-order valence-corrected chi connectivity index (χ4v) is 5.10. The zero-order valence-electron chi connectivity index (χ0n) is 23.6. The van der Waals surface area contributed by atoms with E-state index in [1.807, 2.05) is 73.3 Å². The van der Waals surface area contributed by atoms with Gasteiger partial charge in [0.15, 0.2) is 0 Å². The quantitative estimate of drug-likeness (QED) is 0.283. The minimum atomic E-state index is -0.659. The van der Waals surface area contributed by atoms with E-state index >= 15 is 0 Å². The normalized spacial score (nSPS) is 15.2. The maximum Gasteiger partial charge on any atom is 0.407 e. The molecule has 2 heterocycles. The molecule has 4 aromatic rings. The Morgan fingerprint density at radius 3 is 2.15 bits per heavy atom. The molecule has 7 heteroatoms. The number of benzene rings is 3. The number of carbonyl (C=O) groups excluding carboxylic acids is 2. The van der Waals surface area contributed by atoms with Gasteiger partial charge in [-0.05, 0) is 59.7 Å². The number of H-pyrrole nitrogens is 1. The molecule has 0 aliphatic carbocycles. The highest BCUT2D eigenvalue weighted by Gasteiger charge is 2.37. The summed E-state index contributed by atoms with van der Waals surface area (Å²) in [5, 5.41) is 2.69. The maximum atomic E-state index is 13.4. The maximum absolute atomic E-state index is 13.4. The predicted molar refractivity (Wildman–Crippen MR) is 160 cm³/mol. The lowest BCUT2D eigenvalue weighted by molar-refractivity contribution is -0.135. The third-order valence-corrected chi connectivity index (χ3v) is 7.38. The zero-order chi connectivity index (χ0) is 28.8. The van der Waals surface area contributed by atoms with Crippen LogP contribution in [0.2, 0.25) is 0 Å². The number of rotatable bonds is 6. The Kier molecular flexibility index (Phi) is 8.50. The van der Waals surface area contributed by atoms with Crippen LogP contribution in [0.5, 0.6) is 0 Å². The molecule has 7 nitrogen and oxygen atoms in total. The van der Waals surface area contributed by atoms with E-state index in [1.165, 1.54) is 18.2 Å². The molecule has 2 amide bonds. The molecule has 0 spiro atoms. The lowest BCUT2D eigenvalue weighted by Crippen LogP contribution is -2.51. The molecule has 5 rings (SSSR count). The number of alkyl carbamates (subject to hydrolysis) is 1. The second-order valence-corrected chi connectivity index (χ2v) is 10.5. The Hall–Kier alpha value is -4.83. The molecular formula is C34H34N4O3. The number of hydrogen-bond acceptors (Lipinski definition) is 4. The molecule has 0 saturated carbocycles. The van der Waals surface area contributed by atoms with E-state index in [0.29, 0.717) is 6.54 Å². The van der Waals surface area contributed by atoms with Crippen molar-refractivity contribution in [1.82, 2.24) is 20.2 Å². The number of ether oxygens (including phenoxy) is 1. The molecule has 3 aromatic carbocycles. The van der Waals surface area contributed by atoms with Gasteiger partial charge in [0.1, 0.15) is 11.9 Å². The number of hydrogen-bond donors (Lipinski definition) is 2. The van der Waals surface area contributed by atoms with Crippen LogP contribution in [0.3, 0.4) is 0 Å². The van der Waals surface area contributed by atoms with Gasteiger partial charge in [-0.1, -0.05) is 80.3 Å². The van der Waals surface area contributed by atoms with Crippen LogP contribution in [0.15, 0.2) is 85.1 Å². The summed E-state index contributed by atoms with van der Waals surface area (Å²) in [6, 6.07) is 25.8. The second-order valence-electron chi connectivity index (χ2n) is 10.5. The van der Waals surface area contributed by atoms with Gasteiger partial charge >= 0.3 is 6.09 Å². The van der Waals surface area contributed by atoms with Crippen LogP contribution in [-0.2, 0) is 9.53 Å². The number of likely N-dealkylation sites (tertiary alicyclic amines) is 1. The Morgan fingerprint density at radius 1 is 0.927 bits per heavy atom. The van der Waals surface area contributed by atoms with E-state index in [4.69, 9.17) is 4.74 Å². The van der Waals surface area contributed by atoms with Gasteiger partial charge in [-0.3, -0.25) is 4.79 Å². The summed E-state index contributed by atoms with van der Waals surface area (Å²) in [6.07, 6.45) is 2.88. The van der Waals surface area contributed by atoms with Gasteiger partial charge in [-0.25, -0.2) is 9.78 Å². The van der Waals surface area contributed by atoms with Gasteiger partial charge in [0.2, 0.25) is 5.91 Å². The molecule has 0 radical (unpaired) electrons. The highest BCUT2D eigenvalue weighted by molar-refractivity contribution is 5.86. The zero-order valence-corrected chi connectivity index (χ0v) is 23.6. The molecule has 2 N–H and O–H groups in total. The molecule has 1 aromatic heterocycles. The van der Waals surface area contributed by atoms with Crippen LogP contribution >= 0.6 is 0 Å². The van der Waals surface area contributed by atoms with E-state index in [9.17, 15) is 9.59 Å². The summed E-state index contributed by atoms with van der Waals surface area (Å²) < 4.78 is 4.73. The van der Waals surface area contributed by atoms with Crippen molar-refractivity contribution in [1.29, 1.82) is 0 Å². The van der Waals surface area contributed by atoms with Crippen molar-refractivity contribution in [2.75, 3.05) is 13.7 Å². The smallest absolute Gasteiger partial charge is 0.407 e. The summed E-state index contributed by atoms with van der Waals surface area (Å²) in [6.45, 7) is 4.43. The standard InChI is InChI=1S/C34H34N4O3/c1-23(2)31(37-34(40)41-3)33(39)38-21-7-10-30(38)32-35-22-29(36-32)28-19-15-25(16-20-28)12-11-24-13-17-27(18-14-24)26-8-5-4-6-9-26/h4-6,8-9,13-20,22-23,30-31H,7,10,21H2,1-3H3,(H,35,36)(H,37,40)/t30-,31-/m0/s1. The number of nitrogens with zero attached hydrogens (tertiary/aromatic N) is 2. The molecular weight excluding hydrogens is 512 g/mol. The van der Waals surface area contributed by atoms with E-state index in [0.717, 1.165) is 41.1 Å². The fraction of sp³-hybridized carbons (Fsp3) is 0.265. The predicted octanol–water partition coefficient (Wildman–Crippen LogP) is 6.19.